The Morgan fingerprint density at radius 2 is 1.06 bits per heavy atom. The van der Waals surface area contributed by atoms with Gasteiger partial charge in [0.15, 0.2) is 0 Å². The van der Waals surface area contributed by atoms with Gasteiger partial charge in [-0.1, -0.05) is 61.5 Å². The zero-order chi connectivity index (χ0) is 21.9. The molecule has 0 aliphatic heterocycles. The summed E-state index contributed by atoms with van der Waals surface area (Å²) < 4.78 is 7.50. The summed E-state index contributed by atoms with van der Waals surface area (Å²) in [4.78, 5) is 9.05. The van der Waals surface area contributed by atoms with Crippen LogP contribution in [0, 0.1) is 30.9 Å². The summed E-state index contributed by atoms with van der Waals surface area (Å²) >= 11 is 0. The Balaban J connectivity index is 0.000000626. The van der Waals surface area contributed by atoms with Crippen LogP contribution in [-0.4, -0.2) is 6.29 Å². The Labute approximate surface area is 197 Å². The normalized spacial score (nSPS) is 8.65. The maximum absolute atomic E-state index is 9.05. The first-order valence-electron chi connectivity index (χ1n) is 9.28. The maximum Gasteiger partial charge on any atom is 0.102 e. The van der Waals surface area contributed by atoms with E-state index in [1.807, 2.05) is 0 Å². The van der Waals surface area contributed by atoms with Gasteiger partial charge >= 0.3 is 11.3 Å². The Morgan fingerprint density at radius 1 is 0.774 bits per heavy atom. The quantitative estimate of drug-likeness (QED) is 0.192. The number of rotatable bonds is 4. The van der Waals surface area contributed by atoms with E-state index in [9.17, 15) is 0 Å². The Hall–Kier alpha value is -2.63. The molecule has 0 saturated heterocycles. The first kappa shape index (κ1) is 28.4. The molecule has 0 unspecified atom stereocenters. The molecular formula is C27H22FeO2P-5. The molecule has 160 valence electrons. The number of carbonyl (C=O) groups excluding carboxylic acids is 1. The van der Waals surface area contributed by atoms with E-state index < -0.39 is 7.92 Å². The van der Waals surface area contributed by atoms with Crippen LogP contribution in [0.1, 0.15) is 13.3 Å². The van der Waals surface area contributed by atoms with Gasteiger partial charge in [-0.25, -0.2) is 0 Å². The summed E-state index contributed by atoms with van der Waals surface area (Å²) in [5.74, 6) is 0. The van der Waals surface area contributed by atoms with Crippen LogP contribution in [0.25, 0.3) is 0 Å². The van der Waals surface area contributed by atoms with Crippen molar-refractivity contribution in [3.63, 3.8) is 0 Å². The molecule has 4 heteroatoms. The number of benzene rings is 3. The van der Waals surface area contributed by atoms with E-state index in [1.165, 1.54) is 15.9 Å². The third kappa shape index (κ3) is 11.4. The fraction of sp³-hybridized carbons (Fsp3) is 0.0741. The van der Waals surface area contributed by atoms with E-state index in [-0.39, 0.29) is 17.1 Å². The van der Waals surface area contributed by atoms with Crippen molar-refractivity contribution in [3.05, 3.63) is 128 Å². The van der Waals surface area contributed by atoms with E-state index in [1.54, 1.807) is 19.3 Å². The van der Waals surface area contributed by atoms with Crippen molar-refractivity contribution in [1.29, 1.82) is 0 Å². The molecule has 0 aliphatic rings. The molecule has 0 atom stereocenters. The van der Waals surface area contributed by atoms with Gasteiger partial charge in [-0.2, -0.15) is 6.42 Å². The summed E-state index contributed by atoms with van der Waals surface area (Å²) in [7, 11) is -0.877. The molecule has 0 N–H and O–H groups in total. The first-order valence-corrected chi connectivity index (χ1v) is 10.8. The van der Waals surface area contributed by atoms with E-state index in [0.717, 1.165) is 0 Å². The molecule has 4 rings (SSSR count). The zero-order valence-electron chi connectivity index (χ0n) is 17.1. The predicted octanol–water partition coefficient (Wildman–Crippen LogP) is 4.25. The van der Waals surface area contributed by atoms with Gasteiger partial charge in [-0.15, -0.1) is 0 Å². The van der Waals surface area contributed by atoms with Crippen molar-refractivity contribution in [2.45, 2.75) is 13.3 Å². The molecule has 4 aromatic carbocycles. The average Bonchev–Trinajstić information content (AvgIpc) is 3.43. The second-order valence-electron chi connectivity index (χ2n) is 5.65. The molecule has 0 fully saturated rings. The predicted molar refractivity (Wildman–Crippen MR) is 124 cm³/mol. The Bertz CT molecular complexity index is 798. The van der Waals surface area contributed by atoms with Crippen LogP contribution in [0.15, 0.2) is 97.1 Å². The number of hydrogen-bond acceptors (Lipinski definition) is 1. The molecule has 0 saturated carbocycles. The topological polar surface area (TPSA) is 37.0 Å². The molecule has 0 aromatic heterocycles. The van der Waals surface area contributed by atoms with Crippen molar-refractivity contribution in [2.75, 3.05) is 0 Å². The molecular weight excluding hydrogens is 443 g/mol. The fourth-order valence-electron chi connectivity index (χ4n) is 2.49. The van der Waals surface area contributed by atoms with Crippen LogP contribution < -0.4 is 15.9 Å². The van der Waals surface area contributed by atoms with Gasteiger partial charge in [0.1, 0.15) is 15.9 Å². The molecule has 0 amide bonds. The van der Waals surface area contributed by atoms with Crippen LogP contribution in [0.4, 0.5) is 0 Å². The molecule has 0 bridgehead atoms. The second kappa shape index (κ2) is 19.3. The Kier molecular flexibility index (Phi) is 17.7. The molecule has 4 aromatic rings. The van der Waals surface area contributed by atoms with Crippen LogP contribution in [0.5, 0.6) is 0 Å². The van der Waals surface area contributed by atoms with Crippen LogP contribution in [-0.2, 0) is 26.5 Å². The third-order valence-corrected chi connectivity index (χ3v) is 6.41. The minimum atomic E-state index is -0.877. The number of hydrogen-bond donors (Lipinski definition) is 0. The fourth-order valence-corrected chi connectivity index (χ4v) is 5.07. The van der Waals surface area contributed by atoms with Crippen molar-refractivity contribution in [3.8, 4) is 0 Å². The van der Waals surface area contributed by atoms with Gasteiger partial charge in [-0.3, -0.25) is 6.29 Å². The average molecular weight is 465 g/mol. The van der Waals surface area contributed by atoms with Crippen molar-refractivity contribution >= 4 is 30.1 Å². The van der Waals surface area contributed by atoms with Gasteiger partial charge < -0.3 is 35.1 Å². The molecule has 0 spiro atoms. The summed E-state index contributed by atoms with van der Waals surface area (Å²) in [5, 5.41) is 4.31. The standard InChI is InChI=1S/C18H15P.C5H.C3H5O.CO.Fe/c1-4-10-16(11-5-1)19(17-12-6-2-7-13-17)18-14-8-3-9-15-18;1-2-4-5-3-1;1-2-3-4;1-2;/h1-15H;1H;2H2,1H3;;/q;-5;-1;;/p+1. The summed E-state index contributed by atoms with van der Waals surface area (Å²) in [6.45, 7) is 6.26. The van der Waals surface area contributed by atoms with Crippen LogP contribution >= 0.6 is 7.92 Å². The third-order valence-electron chi connectivity index (χ3n) is 3.68. The van der Waals surface area contributed by atoms with Gasteiger partial charge in [0.25, 0.3) is 0 Å². The second-order valence-corrected chi connectivity index (χ2v) is 8.14. The van der Waals surface area contributed by atoms with E-state index in [2.05, 4.69) is 122 Å². The van der Waals surface area contributed by atoms with Crippen molar-refractivity contribution in [2.24, 2.45) is 0 Å². The molecule has 31 heavy (non-hydrogen) atoms. The van der Waals surface area contributed by atoms with Crippen molar-refractivity contribution < 1.29 is 26.5 Å². The Morgan fingerprint density at radius 3 is 1.26 bits per heavy atom. The summed E-state index contributed by atoms with van der Waals surface area (Å²) in [5.41, 5.74) is 0. The van der Waals surface area contributed by atoms with Gasteiger partial charge in [-0.05, 0) is 36.4 Å². The smallest absolute Gasteiger partial charge is 0.102 e. The van der Waals surface area contributed by atoms with E-state index >= 15 is 0 Å². The molecule has 0 heterocycles. The van der Waals surface area contributed by atoms with Gasteiger partial charge in [0.05, 0.1) is 7.92 Å². The largest absolute Gasteiger partial charge is 0.999 e. The van der Waals surface area contributed by atoms with Gasteiger partial charge in [0.2, 0.25) is 0 Å². The maximum atomic E-state index is 9.05. The monoisotopic (exact) mass is 465 g/mol. The summed E-state index contributed by atoms with van der Waals surface area (Å²) in [6.07, 6.45) is 2.19. The minimum Gasteiger partial charge on any atom is -0.999 e. The van der Waals surface area contributed by atoms with Crippen LogP contribution in [0.2, 0.25) is 0 Å². The van der Waals surface area contributed by atoms with Gasteiger partial charge in [0, 0.05) is 17.1 Å². The zero-order valence-corrected chi connectivity index (χ0v) is 19.2. The van der Waals surface area contributed by atoms with Crippen molar-refractivity contribution in [1.82, 2.24) is 0 Å². The van der Waals surface area contributed by atoms with E-state index in [4.69, 9.17) is 9.45 Å². The molecule has 0 aliphatic carbocycles. The molecule has 0 radical (unpaired) electrons. The first-order chi connectivity index (χ1) is 14.9. The van der Waals surface area contributed by atoms with Crippen LogP contribution in [0.3, 0.4) is 0 Å². The SMILES string of the molecule is CC[C-]=O.[C-]#[O+].[Fe].[c-]1[c-][c-][cH-][c-]1.c1ccc([PH+](c2ccccc2)c2ccccc2)cc1. The molecule has 2 nitrogen and oxygen atoms in total. The summed E-state index contributed by atoms with van der Waals surface area (Å²) in [6, 6.07) is 44.5. The van der Waals surface area contributed by atoms with E-state index in [0.29, 0.717) is 6.42 Å². The minimum absolute atomic E-state index is 0.